The third-order valence-electron chi connectivity index (χ3n) is 4.59. The third-order valence-corrected chi connectivity index (χ3v) is 4.84. The molecule has 1 heterocycles. The van der Waals surface area contributed by atoms with Crippen LogP contribution in [0.25, 0.3) is 6.08 Å². The molecule has 0 bridgehead atoms. The fourth-order valence-corrected chi connectivity index (χ4v) is 3.23. The lowest BCUT2D eigenvalue weighted by Gasteiger charge is -2.16. The van der Waals surface area contributed by atoms with Crippen LogP contribution in [0.3, 0.4) is 0 Å². The largest absolute Gasteiger partial charge is 0.494 e. The van der Waals surface area contributed by atoms with Gasteiger partial charge in [0.25, 0.3) is 0 Å². The van der Waals surface area contributed by atoms with Crippen LogP contribution in [0, 0.1) is 0 Å². The highest BCUT2D eigenvalue weighted by Crippen LogP contribution is 2.23. The van der Waals surface area contributed by atoms with Crippen LogP contribution >= 0.6 is 11.6 Å². The van der Waals surface area contributed by atoms with Gasteiger partial charge in [-0.25, -0.2) is 0 Å². The normalized spacial score (nSPS) is 13.5. The summed E-state index contributed by atoms with van der Waals surface area (Å²) in [6.45, 7) is 3.86. The Morgan fingerprint density at radius 2 is 1.88 bits per heavy atom. The molecule has 1 aliphatic rings. The molecule has 0 aliphatic carbocycles. The Balaban J connectivity index is 1.65. The molecule has 3 rings (SSSR count). The lowest BCUT2D eigenvalue weighted by molar-refractivity contribution is 0.305. The fraction of sp³-hybridized carbons (Fsp3) is 0.348. The summed E-state index contributed by atoms with van der Waals surface area (Å²) in [5.41, 5.74) is 4.69. The molecule has 0 unspecified atom stereocenters. The van der Waals surface area contributed by atoms with Crippen LogP contribution in [0.2, 0.25) is 5.02 Å². The SMILES string of the molecule is CCCCCCOc1ccc2c(c1)CCN=C2C=Cc1ccc(Cl)cc1. The maximum atomic E-state index is 5.94. The van der Waals surface area contributed by atoms with Crippen LogP contribution in [0.1, 0.15) is 49.3 Å². The molecule has 0 spiro atoms. The van der Waals surface area contributed by atoms with Gasteiger partial charge in [-0.2, -0.15) is 0 Å². The topological polar surface area (TPSA) is 21.6 Å². The summed E-state index contributed by atoms with van der Waals surface area (Å²) in [7, 11) is 0. The van der Waals surface area contributed by atoms with E-state index in [-0.39, 0.29) is 0 Å². The Hall–Kier alpha value is -2.06. The van der Waals surface area contributed by atoms with E-state index in [4.69, 9.17) is 21.3 Å². The first kappa shape index (κ1) is 18.7. The first-order chi connectivity index (χ1) is 12.8. The van der Waals surface area contributed by atoms with Gasteiger partial charge in [0.15, 0.2) is 0 Å². The molecule has 0 amide bonds. The van der Waals surface area contributed by atoms with Crippen LogP contribution < -0.4 is 4.74 Å². The van der Waals surface area contributed by atoms with Gasteiger partial charge in [-0.3, -0.25) is 4.99 Å². The number of hydrogen-bond donors (Lipinski definition) is 0. The molecule has 0 N–H and O–H groups in total. The number of rotatable bonds is 8. The number of unbranched alkanes of at least 4 members (excludes halogenated alkanes) is 3. The first-order valence-electron chi connectivity index (χ1n) is 9.50. The van der Waals surface area contributed by atoms with Gasteiger partial charge in [-0.05, 0) is 60.4 Å². The van der Waals surface area contributed by atoms with Crippen molar-refractivity contribution in [3.8, 4) is 5.75 Å². The zero-order valence-corrected chi connectivity index (χ0v) is 16.1. The van der Waals surface area contributed by atoms with E-state index in [1.807, 2.05) is 24.3 Å². The summed E-state index contributed by atoms with van der Waals surface area (Å²) in [6.07, 6.45) is 10.1. The minimum Gasteiger partial charge on any atom is -0.494 e. The van der Waals surface area contributed by atoms with Crippen molar-refractivity contribution >= 4 is 23.4 Å². The monoisotopic (exact) mass is 367 g/mol. The Kier molecular flexibility index (Phi) is 6.90. The predicted octanol–water partition coefficient (Wildman–Crippen LogP) is 6.36. The Labute approximate surface area is 161 Å². The van der Waals surface area contributed by atoms with E-state index in [9.17, 15) is 0 Å². The second kappa shape index (κ2) is 9.59. The highest BCUT2D eigenvalue weighted by Gasteiger charge is 2.13. The molecule has 3 heteroatoms. The van der Waals surface area contributed by atoms with Crippen molar-refractivity contribution in [3.63, 3.8) is 0 Å². The summed E-state index contributed by atoms with van der Waals surface area (Å²) < 4.78 is 5.92. The standard InChI is InChI=1S/C23H26ClNO/c1-2-3-4-5-16-26-21-11-12-22-19(17-21)14-15-25-23(22)13-8-18-6-9-20(24)10-7-18/h6-13,17H,2-5,14-16H2,1H3. The zero-order chi connectivity index (χ0) is 18.2. The predicted molar refractivity (Wildman–Crippen MR) is 112 cm³/mol. The molecule has 0 atom stereocenters. The minimum absolute atomic E-state index is 0.754. The van der Waals surface area contributed by atoms with Crippen LogP contribution in [0.5, 0.6) is 5.75 Å². The van der Waals surface area contributed by atoms with Gasteiger partial charge >= 0.3 is 0 Å². The molecule has 0 saturated carbocycles. The van der Waals surface area contributed by atoms with E-state index in [0.29, 0.717) is 0 Å². The van der Waals surface area contributed by atoms with Crippen LogP contribution in [0.4, 0.5) is 0 Å². The second-order valence-corrected chi connectivity index (χ2v) is 7.07. The van der Waals surface area contributed by atoms with Crippen molar-refractivity contribution in [3.05, 3.63) is 70.3 Å². The molecule has 26 heavy (non-hydrogen) atoms. The van der Waals surface area contributed by atoms with Crippen LogP contribution in [0.15, 0.2) is 53.5 Å². The first-order valence-corrected chi connectivity index (χ1v) is 9.88. The van der Waals surface area contributed by atoms with Crippen LogP contribution in [-0.4, -0.2) is 18.9 Å². The van der Waals surface area contributed by atoms with Gasteiger partial charge in [0.1, 0.15) is 5.75 Å². The molecule has 1 aliphatic heterocycles. The van der Waals surface area contributed by atoms with E-state index in [2.05, 4.69) is 37.3 Å². The number of halogens is 1. The van der Waals surface area contributed by atoms with Gasteiger partial charge in [0.2, 0.25) is 0 Å². The number of hydrogen-bond acceptors (Lipinski definition) is 2. The molecule has 0 saturated heterocycles. The smallest absolute Gasteiger partial charge is 0.119 e. The van der Waals surface area contributed by atoms with Crippen molar-refractivity contribution in [2.75, 3.05) is 13.2 Å². The summed E-state index contributed by atoms with van der Waals surface area (Å²) in [5, 5.41) is 0.754. The van der Waals surface area contributed by atoms with Crippen molar-refractivity contribution in [2.24, 2.45) is 4.99 Å². The third kappa shape index (κ3) is 5.22. The highest BCUT2D eigenvalue weighted by molar-refractivity contribution is 6.30. The minimum atomic E-state index is 0.754. The molecular weight excluding hydrogens is 342 g/mol. The van der Waals surface area contributed by atoms with Crippen molar-refractivity contribution in [1.29, 1.82) is 0 Å². The van der Waals surface area contributed by atoms with Gasteiger partial charge in [0.05, 0.1) is 12.3 Å². The molecule has 2 aromatic rings. The quantitative estimate of drug-likeness (QED) is 0.497. The maximum absolute atomic E-state index is 5.94. The van der Waals surface area contributed by atoms with E-state index < -0.39 is 0 Å². The average Bonchev–Trinajstić information content (AvgIpc) is 2.67. The summed E-state index contributed by atoms with van der Waals surface area (Å²) in [5.74, 6) is 0.975. The van der Waals surface area contributed by atoms with E-state index in [1.54, 1.807) is 0 Å². The molecule has 0 aromatic heterocycles. The van der Waals surface area contributed by atoms with E-state index in [0.717, 1.165) is 48.0 Å². The number of fused-ring (bicyclic) bond motifs is 1. The molecule has 0 fully saturated rings. The van der Waals surface area contributed by atoms with Crippen molar-refractivity contribution in [1.82, 2.24) is 0 Å². The van der Waals surface area contributed by atoms with Crippen molar-refractivity contribution in [2.45, 2.75) is 39.0 Å². The van der Waals surface area contributed by atoms with E-state index in [1.165, 1.54) is 30.4 Å². The van der Waals surface area contributed by atoms with Crippen LogP contribution in [-0.2, 0) is 6.42 Å². The number of benzene rings is 2. The Bertz CT molecular complexity index is 777. The Morgan fingerprint density at radius 3 is 2.69 bits per heavy atom. The number of allylic oxidation sites excluding steroid dienone is 1. The molecule has 2 aromatic carbocycles. The maximum Gasteiger partial charge on any atom is 0.119 e. The van der Waals surface area contributed by atoms with Gasteiger partial charge in [0, 0.05) is 17.1 Å². The summed E-state index contributed by atoms with van der Waals surface area (Å²) >= 11 is 5.94. The zero-order valence-electron chi connectivity index (χ0n) is 15.4. The van der Waals surface area contributed by atoms with Gasteiger partial charge < -0.3 is 4.74 Å². The number of nitrogens with zero attached hydrogens (tertiary/aromatic N) is 1. The molecule has 2 nitrogen and oxygen atoms in total. The van der Waals surface area contributed by atoms with Gasteiger partial charge in [-0.1, -0.05) is 56.0 Å². The van der Waals surface area contributed by atoms with Crippen molar-refractivity contribution < 1.29 is 4.74 Å². The molecule has 136 valence electrons. The van der Waals surface area contributed by atoms with E-state index >= 15 is 0 Å². The highest BCUT2D eigenvalue weighted by atomic mass is 35.5. The average molecular weight is 368 g/mol. The lowest BCUT2D eigenvalue weighted by Crippen LogP contribution is -2.11. The summed E-state index contributed by atoms with van der Waals surface area (Å²) in [4.78, 5) is 4.69. The fourth-order valence-electron chi connectivity index (χ4n) is 3.11. The summed E-state index contributed by atoms with van der Waals surface area (Å²) in [6, 6.07) is 14.2. The number of aliphatic imine (C=N–C) groups is 1. The molecular formula is C23H26ClNO. The second-order valence-electron chi connectivity index (χ2n) is 6.63. The Morgan fingerprint density at radius 1 is 1.04 bits per heavy atom. The molecule has 0 radical (unpaired) electrons. The lowest BCUT2D eigenvalue weighted by atomic mass is 9.96. The van der Waals surface area contributed by atoms with Gasteiger partial charge in [-0.15, -0.1) is 0 Å². The number of ether oxygens (including phenoxy) is 1.